The summed E-state index contributed by atoms with van der Waals surface area (Å²) >= 11 is 0. The number of nitrogens with two attached hydrogens (primary N) is 1. The van der Waals surface area contributed by atoms with Crippen molar-refractivity contribution in [2.45, 2.75) is 179 Å². The highest BCUT2D eigenvalue weighted by molar-refractivity contribution is 6.13. The number of ketones is 4. The summed E-state index contributed by atoms with van der Waals surface area (Å²) in [4.78, 5) is 146. The Kier molecular flexibility index (Phi) is 31.6. The number of hydrogen-bond acceptors (Lipinski definition) is 25. The van der Waals surface area contributed by atoms with Crippen molar-refractivity contribution in [3.05, 3.63) is 65.8 Å². The number of primary amides is 1. The van der Waals surface area contributed by atoms with Crippen molar-refractivity contribution in [3.8, 4) is 0 Å². The number of aliphatic hydroxyl groups excluding tert-OH is 6. The highest BCUT2D eigenvalue weighted by Crippen LogP contribution is 2.70. The van der Waals surface area contributed by atoms with Gasteiger partial charge in [0.05, 0.1) is 90.4 Å². The lowest BCUT2D eigenvalue weighted by Crippen LogP contribution is -2.63. The number of carbonyl (C=O) groups is 11. The van der Waals surface area contributed by atoms with Gasteiger partial charge < -0.3 is 95.5 Å². The van der Waals surface area contributed by atoms with Crippen LogP contribution < -0.4 is 27.0 Å². The van der Waals surface area contributed by atoms with Gasteiger partial charge in [-0.1, -0.05) is 64.8 Å². The zero-order chi connectivity index (χ0) is 75.2. The second kappa shape index (κ2) is 39.2. The van der Waals surface area contributed by atoms with Gasteiger partial charge in [-0.15, -0.1) is 0 Å². The fourth-order valence-corrected chi connectivity index (χ4v) is 15.2. The largest absolute Gasteiger partial charge is 0.509 e. The number of anilines is 1. The molecule has 2 aliphatic heterocycles. The minimum Gasteiger partial charge on any atom is -0.429 e. The topological polar surface area (TPSA) is 460 Å². The highest BCUT2D eigenvalue weighted by Gasteiger charge is 2.76. The maximum absolute atomic E-state index is 14.7. The molecule has 12 N–H and O–H groups in total. The minimum atomic E-state index is -1.97. The number of allylic oxidation sites excluding steroid dienone is 4. The Morgan fingerprint density at radius 2 is 1.42 bits per heavy atom. The van der Waals surface area contributed by atoms with Crippen LogP contribution in [0.5, 0.6) is 0 Å². The summed E-state index contributed by atoms with van der Waals surface area (Å²) in [6, 6.07) is 4.17. The first-order valence-electron chi connectivity index (χ1n) is 35.6. The number of ether oxygens (including phenoxy) is 8. The molecule has 1 unspecified atom stereocenters. The average molecular weight is 1450 g/mol. The van der Waals surface area contributed by atoms with E-state index in [4.69, 9.17) is 48.7 Å². The molecule has 7 amide bonds. The lowest BCUT2D eigenvalue weighted by molar-refractivity contribution is -0.200. The molecule has 16 atom stereocenters. The molecule has 3 saturated carbocycles. The van der Waals surface area contributed by atoms with E-state index in [1.54, 1.807) is 38.1 Å². The van der Waals surface area contributed by atoms with Gasteiger partial charge in [0.15, 0.2) is 30.1 Å². The average Bonchev–Trinajstić information content (AvgIpc) is 1.53. The Hall–Kier alpha value is -7.27. The van der Waals surface area contributed by atoms with Gasteiger partial charge in [-0.3, -0.25) is 48.1 Å². The van der Waals surface area contributed by atoms with Crippen LogP contribution in [0.4, 0.5) is 15.3 Å². The summed E-state index contributed by atoms with van der Waals surface area (Å²) in [5, 5.41) is 72.0. The zero-order valence-corrected chi connectivity index (χ0v) is 59.3. The van der Waals surface area contributed by atoms with Crippen molar-refractivity contribution in [2.24, 2.45) is 52.1 Å². The second-order valence-corrected chi connectivity index (χ2v) is 28.1. The van der Waals surface area contributed by atoms with Crippen LogP contribution in [0.2, 0.25) is 0 Å². The summed E-state index contributed by atoms with van der Waals surface area (Å²) < 4.78 is 46.1. The first kappa shape index (κ1) is 83.0. The van der Waals surface area contributed by atoms with Crippen molar-refractivity contribution in [1.82, 2.24) is 20.9 Å². The molecule has 4 fully saturated rings. The third-order valence-corrected chi connectivity index (χ3v) is 20.7. The number of urea groups is 1. The zero-order valence-electron chi connectivity index (χ0n) is 59.3. The van der Waals surface area contributed by atoms with Gasteiger partial charge in [0.25, 0.3) is 11.8 Å². The summed E-state index contributed by atoms with van der Waals surface area (Å²) in [6.45, 7) is 8.24. The SMILES string of the molecule is CCCC1O[C@@H]2C[C@H]3[C@@H]4CCC5=CC(=O)C=C[C@]5(C)[C@H]4[C@@H](O)C[C@]3(C)[C@]2(C(=O)COC(=O)OCc2ccc(NC(=O)[C@H](CCCNC(N)=O)CC(=O)[C@@H](NC(=O)[C@@H](CCC(=O)NC[C@H](O)[C@@H](O)[C@H](O)[C@H](O)CO)CC(=O)CCOCCOCCOCCOCCN3C(=O)C=CC3=O)C(C)C)cc2)O1. The monoisotopic (exact) mass is 1450 g/mol. The number of hydrogen-bond donors (Lipinski definition) is 11. The molecule has 1 aromatic rings. The van der Waals surface area contributed by atoms with Crippen molar-refractivity contribution in [2.75, 3.05) is 91.0 Å². The molecule has 2 heterocycles. The third-order valence-electron chi connectivity index (χ3n) is 20.7. The number of aliphatic hydroxyl groups is 6. The number of fused-ring (bicyclic) bond motifs is 7. The number of nitrogens with zero attached hydrogens (tertiary/aromatic N) is 1. The molecule has 103 heavy (non-hydrogen) atoms. The van der Waals surface area contributed by atoms with Gasteiger partial charge >= 0.3 is 12.2 Å². The van der Waals surface area contributed by atoms with Crippen LogP contribution in [-0.2, 0) is 87.7 Å². The van der Waals surface area contributed by atoms with Crippen LogP contribution >= 0.6 is 0 Å². The van der Waals surface area contributed by atoms with Gasteiger partial charge in [-0.25, -0.2) is 9.59 Å². The first-order chi connectivity index (χ1) is 49.1. The standard InChI is InChI=1S/C72H104N6O25/c1-6-8-61-102-57-36-51-50-16-13-46-35-48(80)20-22-70(46,4)62(50)53(83)37-71(51,5)72(57,103-61)56(86)41-101-69(95)100-40-43-10-14-47(15-11-43)76-66(92)44(9-7-23-74-68(73)94)34-52(82)63(42(2)3)77-67(93)45(12-17-58(87)75-38-54(84)64(90)65(91)55(85)39-79)33-49(81)21-25-96-27-29-98-31-32-99-30-28-97-26-24-78-59(88)18-19-60(78)89/h10-11,14-15,18-20,22,35,42,44-45,50-51,53-55,57,61-65,79,83-85,90-91H,6-9,12-13,16-17,21,23-34,36-41H2,1-5H3,(H,75,87)(H,76,92)(H,77,93)(H3,73,74,94)/t44-,45+,50+,51+,53+,54+,55-,57-,61?,62-,63+,64-,65-,70+,71+,72-/m1/s1. The van der Waals surface area contributed by atoms with E-state index < -0.39 is 181 Å². The molecule has 7 rings (SSSR count). The van der Waals surface area contributed by atoms with Gasteiger partial charge in [-0.05, 0) is 99.0 Å². The van der Waals surface area contributed by atoms with Crippen LogP contribution in [0.1, 0.15) is 124 Å². The van der Waals surface area contributed by atoms with E-state index in [1.165, 1.54) is 24.3 Å². The van der Waals surface area contributed by atoms with Crippen molar-refractivity contribution in [1.29, 1.82) is 0 Å². The lowest BCUT2D eigenvalue weighted by atomic mass is 9.46. The van der Waals surface area contributed by atoms with E-state index in [0.717, 1.165) is 16.9 Å². The highest BCUT2D eigenvalue weighted by atomic mass is 16.8. The number of carbonyl (C=O) groups excluding carboxylic acids is 11. The molecule has 31 nitrogen and oxygen atoms in total. The normalized spacial score (nSPS) is 26.0. The van der Waals surface area contributed by atoms with E-state index in [0.29, 0.717) is 31.2 Å². The predicted molar refractivity (Wildman–Crippen MR) is 364 cm³/mol. The minimum absolute atomic E-state index is 0.0202. The summed E-state index contributed by atoms with van der Waals surface area (Å²) in [5.74, 6) is -7.62. The molecule has 1 aromatic carbocycles. The van der Waals surface area contributed by atoms with E-state index >= 15 is 0 Å². The fourth-order valence-electron chi connectivity index (χ4n) is 15.2. The molecule has 0 aromatic heterocycles. The third kappa shape index (κ3) is 21.9. The number of benzene rings is 1. The van der Waals surface area contributed by atoms with E-state index in [9.17, 15) is 78.3 Å². The van der Waals surface area contributed by atoms with Crippen LogP contribution in [0, 0.1) is 46.3 Å². The Bertz CT molecular complexity index is 3200. The lowest BCUT2D eigenvalue weighted by Gasteiger charge is -2.59. The molecule has 4 aliphatic carbocycles. The van der Waals surface area contributed by atoms with E-state index in [1.807, 2.05) is 19.9 Å². The number of rotatable bonds is 45. The van der Waals surface area contributed by atoms with Crippen LogP contribution in [0.15, 0.2) is 60.2 Å². The fraction of sp³-hybridized carbons (Fsp3) is 0.681. The Morgan fingerprint density at radius 1 is 0.777 bits per heavy atom. The summed E-state index contributed by atoms with van der Waals surface area (Å²) in [6.07, 6.45) is -1.31. The van der Waals surface area contributed by atoms with Gasteiger partial charge in [0.1, 0.15) is 30.7 Å². The van der Waals surface area contributed by atoms with Crippen molar-refractivity contribution >= 4 is 70.5 Å². The van der Waals surface area contributed by atoms with Crippen LogP contribution in [0.3, 0.4) is 0 Å². The first-order valence-corrected chi connectivity index (χ1v) is 35.6. The maximum Gasteiger partial charge on any atom is 0.509 e. The number of amides is 7. The summed E-state index contributed by atoms with van der Waals surface area (Å²) in [7, 11) is 0. The molecule has 0 bridgehead atoms. The Morgan fingerprint density at radius 3 is 2.06 bits per heavy atom. The molecular weight excluding hydrogens is 1350 g/mol. The smallest absolute Gasteiger partial charge is 0.429 e. The van der Waals surface area contributed by atoms with Gasteiger partial charge in [-0.2, -0.15) is 0 Å². The molecule has 572 valence electrons. The second-order valence-electron chi connectivity index (χ2n) is 28.1. The number of nitrogens with one attached hydrogen (secondary N) is 4. The van der Waals surface area contributed by atoms with Gasteiger partial charge in [0, 0.05) is 85.2 Å². The Balaban J connectivity index is 0.907. The van der Waals surface area contributed by atoms with Crippen LogP contribution in [0.25, 0.3) is 0 Å². The van der Waals surface area contributed by atoms with Crippen molar-refractivity contribution in [3.63, 3.8) is 0 Å². The predicted octanol–water partition coefficient (Wildman–Crippen LogP) is 1.47. The van der Waals surface area contributed by atoms with E-state index in [2.05, 4.69) is 28.2 Å². The van der Waals surface area contributed by atoms with Crippen molar-refractivity contribution < 1.29 is 121 Å². The molecule has 1 saturated heterocycles. The summed E-state index contributed by atoms with van der Waals surface area (Å²) in [5.41, 5.74) is 4.08. The maximum atomic E-state index is 14.7. The molecule has 0 spiro atoms. The molecule has 6 aliphatic rings. The quantitative estimate of drug-likeness (QED) is 0.0250. The van der Waals surface area contributed by atoms with E-state index in [-0.39, 0.29) is 134 Å². The molecule has 31 heteroatoms. The van der Waals surface area contributed by atoms with Gasteiger partial charge in [0.2, 0.25) is 23.5 Å². The molecular formula is C72H104N6O25. The number of imide groups is 1. The number of Topliss-reactive ketones (excluding diaryl/α,β-unsaturated/α-hetero) is 3. The van der Waals surface area contributed by atoms with Crippen LogP contribution in [-0.4, -0.2) is 241 Å². The Labute approximate surface area is 598 Å². The molecule has 0 radical (unpaired) electrons.